The number of methoxy groups -OCH3 is 2. The summed E-state index contributed by atoms with van der Waals surface area (Å²) in [5.74, 6) is -0.131. The van der Waals surface area contributed by atoms with Crippen molar-refractivity contribution < 1.29 is 19.1 Å². The van der Waals surface area contributed by atoms with Gasteiger partial charge in [-0.05, 0) is 42.3 Å². The maximum absolute atomic E-state index is 12.5. The number of anilines is 1. The van der Waals surface area contributed by atoms with Gasteiger partial charge in [0.2, 0.25) is 0 Å². The number of carbonyl (C=O) groups excluding carboxylic acids is 2. The molecule has 0 aliphatic rings. The fraction of sp³-hybridized carbons (Fsp3) is 0.158. The highest BCUT2D eigenvalue weighted by Crippen LogP contribution is 2.22. The summed E-state index contributed by atoms with van der Waals surface area (Å²) < 4.78 is 10.0. The van der Waals surface area contributed by atoms with Crippen LogP contribution in [0.3, 0.4) is 0 Å². The molecule has 0 fully saturated rings. The number of carbonyl (C=O) groups is 2. The Morgan fingerprint density at radius 2 is 1.92 bits per heavy atom. The van der Waals surface area contributed by atoms with Gasteiger partial charge in [0.05, 0.1) is 25.5 Å². The van der Waals surface area contributed by atoms with Crippen LogP contribution in [0, 0.1) is 0 Å². The number of ether oxygens (including phenoxy) is 2. The molecule has 0 aliphatic heterocycles. The first kappa shape index (κ1) is 17.3. The Labute approximate surface area is 140 Å². The number of allylic oxidation sites excluding steroid dienone is 1. The molecule has 5 nitrogen and oxygen atoms in total. The summed E-state index contributed by atoms with van der Waals surface area (Å²) in [7, 11) is 2.88. The molecule has 2 aromatic rings. The van der Waals surface area contributed by atoms with Crippen LogP contribution in [0.15, 0.2) is 55.1 Å². The molecule has 0 spiro atoms. The fourth-order valence-corrected chi connectivity index (χ4v) is 2.31. The van der Waals surface area contributed by atoms with Gasteiger partial charge in [0, 0.05) is 5.56 Å². The van der Waals surface area contributed by atoms with Crippen molar-refractivity contribution in [1.29, 1.82) is 0 Å². The zero-order chi connectivity index (χ0) is 17.5. The summed E-state index contributed by atoms with van der Waals surface area (Å²) in [6.45, 7) is 3.71. The molecular formula is C19H19NO4. The van der Waals surface area contributed by atoms with E-state index in [-0.39, 0.29) is 5.91 Å². The van der Waals surface area contributed by atoms with Crippen LogP contribution in [0.25, 0.3) is 0 Å². The van der Waals surface area contributed by atoms with Crippen molar-refractivity contribution in [3.05, 3.63) is 71.8 Å². The summed E-state index contributed by atoms with van der Waals surface area (Å²) in [6.07, 6.45) is 2.33. The minimum atomic E-state index is -0.507. The van der Waals surface area contributed by atoms with Gasteiger partial charge in [-0.25, -0.2) is 4.79 Å². The van der Waals surface area contributed by atoms with Gasteiger partial charge in [0.15, 0.2) is 0 Å². The molecule has 2 rings (SSSR count). The van der Waals surface area contributed by atoms with E-state index in [0.29, 0.717) is 29.0 Å². The first-order valence-corrected chi connectivity index (χ1v) is 7.37. The van der Waals surface area contributed by atoms with E-state index in [1.807, 2.05) is 0 Å². The lowest BCUT2D eigenvalue weighted by molar-refractivity contribution is 0.0602. The number of amides is 1. The Morgan fingerprint density at radius 3 is 2.58 bits per heavy atom. The molecule has 24 heavy (non-hydrogen) atoms. The van der Waals surface area contributed by atoms with Gasteiger partial charge in [-0.3, -0.25) is 4.79 Å². The second kappa shape index (κ2) is 7.97. The number of benzene rings is 2. The Morgan fingerprint density at radius 1 is 1.17 bits per heavy atom. The SMILES string of the molecule is C=CCc1cc(C(=O)Nc2ccccc2C(=O)OC)ccc1OC. The van der Waals surface area contributed by atoms with Gasteiger partial charge in [0.25, 0.3) is 5.91 Å². The lowest BCUT2D eigenvalue weighted by Crippen LogP contribution is -2.15. The van der Waals surface area contributed by atoms with Crippen molar-refractivity contribution in [2.45, 2.75) is 6.42 Å². The molecule has 0 saturated heterocycles. The van der Waals surface area contributed by atoms with Gasteiger partial charge in [0.1, 0.15) is 5.75 Å². The highest BCUT2D eigenvalue weighted by molar-refractivity contribution is 6.08. The molecule has 1 amide bonds. The van der Waals surface area contributed by atoms with Crippen LogP contribution in [-0.2, 0) is 11.2 Å². The normalized spacial score (nSPS) is 9.92. The zero-order valence-electron chi connectivity index (χ0n) is 13.7. The van der Waals surface area contributed by atoms with Gasteiger partial charge in [-0.2, -0.15) is 0 Å². The minimum absolute atomic E-state index is 0.299. The Balaban J connectivity index is 2.29. The molecule has 0 atom stereocenters. The average Bonchev–Trinajstić information content (AvgIpc) is 2.61. The van der Waals surface area contributed by atoms with Crippen LogP contribution >= 0.6 is 0 Å². The number of para-hydroxylation sites is 1. The Bertz CT molecular complexity index is 768. The molecule has 0 radical (unpaired) electrons. The maximum Gasteiger partial charge on any atom is 0.339 e. The van der Waals surface area contributed by atoms with Crippen molar-refractivity contribution in [3.8, 4) is 5.75 Å². The van der Waals surface area contributed by atoms with E-state index >= 15 is 0 Å². The third-order valence-electron chi connectivity index (χ3n) is 3.49. The van der Waals surface area contributed by atoms with Crippen LogP contribution in [-0.4, -0.2) is 26.1 Å². The third-order valence-corrected chi connectivity index (χ3v) is 3.49. The molecular weight excluding hydrogens is 306 g/mol. The topological polar surface area (TPSA) is 64.6 Å². The van der Waals surface area contributed by atoms with Gasteiger partial charge in [-0.15, -0.1) is 6.58 Å². The first-order chi connectivity index (χ1) is 11.6. The van der Waals surface area contributed by atoms with Crippen molar-refractivity contribution >= 4 is 17.6 Å². The summed E-state index contributed by atoms with van der Waals surface area (Å²) in [5, 5.41) is 2.74. The summed E-state index contributed by atoms with van der Waals surface area (Å²) in [4.78, 5) is 24.3. The number of rotatable bonds is 6. The van der Waals surface area contributed by atoms with Crippen LogP contribution < -0.4 is 10.1 Å². The summed E-state index contributed by atoms with van der Waals surface area (Å²) >= 11 is 0. The molecule has 2 aromatic carbocycles. The van der Waals surface area contributed by atoms with E-state index < -0.39 is 5.97 Å². The van der Waals surface area contributed by atoms with Gasteiger partial charge < -0.3 is 14.8 Å². The summed E-state index contributed by atoms with van der Waals surface area (Å²) in [6, 6.07) is 11.8. The van der Waals surface area contributed by atoms with E-state index in [1.165, 1.54) is 7.11 Å². The van der Waals surface area contributed by atoms with Crippen molar-refractivity contribution in [2.75, 3.05) is 19.5 Å². The molecule has 0 saturated carbocycles. The highest BCUT2D eigenvalue weighted by Gasteiger charge is 2.15. The average molecular weight is 325 g/mol. The van der Waals surface area contributed by atoms with Crippen LogP contribution in [0.5, 0.6) is 5.75 Å². The molecule has 0 heterocycles. The standard InChI is InChI=1S/C19H19NO4/c1-4-7-13-12-14(10-11-17(13)23-2)18(21)20-16-9-6-5-8-15(16)19(22)24-3/h4-6,8-12H,1,7H2,2-3H3,(H,20,21). The highest BCUT2D eigenvalue weighted by atomic mass is 16.5. The number of hydrogen-bond donors (Lipinski definition) is 1. The molecule has 0 unspecified atom stereocenters. The van der Waals surface area contributed by atoms with Crippen LogP contribution in [0.1, 0.15) is 26.3 Å². The van der Waals surface area contributed by atoms with E-state index in [9.17, 15) is 9.59 Å². The number of hydrogen-bond acceptors (Lipinski definition) is 4. The van der Waals surface area contributed by atoms with E-state index in [0.717, 1.165) is 5.56 Å². The van der Waals surface area contributed by atoms with Crippen molar-refractivity contribution in [3.63, 3.8) is 0 Å². The number of esters is 1. The molecule has 1 N–H and O–H groups in total. The Kier molecular flexibility index (Phi) is 5.73. The third kappa shape index (κ3) is 3.81. The lowest BCUT2D eigenvalue weighted by Gasteiger charge is -2.12. The molecule has 0 bridgehead atoms. The van der Waals surface area contributed by atoms with Crippen LogP contribution in [0.2, 0.25) is 0 Å². The molecule has 0 aliphatic carbocycles. The van der Waals surface area contributed by atoms with Gasteiger partial charge in [-0.1, -0.05) is 18.2 Å². The van der Waals surface area contributed by atoms with Crippen LogP contribution in [0.4, 0.5) is 5.69 Å². The molecule has 124 valence electrons. The lowest BCUT2D eigenvalue weighted by atomic mass is 10.1. The minimum Gasteiger partial charge on any atom is -0.496 e. The predicted octanol–water partition coefficient (Wildman–Crippen LogP) is 3.46. The van der Waals surface area contributed by atoms with E-state index in [4.69, 9.17) is 9.47 Å². The molecule has 0 aromatic heterocycles. The maximum atomic E-state index is 12.5. The predicted molar refractivity (Wildman–Crippen MR) is 92.6 cm³/mol. The quantitative estimate of drug-likeness (QED) is 0.652. The van der Waals surface area contributed by atoms with Gasteiger partial charge >= 0.3 is 5.97 Å². The van der Waals surface area contributed by atoms with E-state index in [1.54, 1.807) is 55.7 Å². The zero-order valence-corrected chi connectivity index (χ0v) is 13.7. The first-order valence-electron chi connectivity index (χ1n) is 7.37. The number of nitrogens with one attached hydrogen (secondary N) is 1. The second-order valence-corrected chi connectivity index (χ2v) is 5.01. The van der Waals surface area contributed by atoms with Crippen molar-refractivity contribution in [1.82, 2.24) is 0 Å². The Hall–Kier alpha value is -3.08. The van der Waals surface area contributed by atoms with E-state index in [2.05, 4.69) is 11.9 Å². The second-order valence-electron chi connectivity index (χ2n) is 5.01. The summed E-state index contributed by atoms with van der Waals surface area (Å²) in [5.41, 5.74) is 2.03. The smallest absolute Gasteiger partial charge is 0.339 e. The van der Waals surface area contributed by atoms with Crippen molar-refractivity contribution in [2.24, 2.45) is 0 Å². The monoisotopic (exact) mass is 325 g/mol. The fourth-order valence-electron chi connectivity index (χ4n) is 2.31. The largest absolute Gasteiger partial charge is 0.496 e. The molecule has 5 heteroatoms.